The molecule has 1 aromatic rings. The summed E-state index contributed by atoms with van der Waals surface area (Å²) in [7, 11) is 1.66. The van der Waals surface area contributed by atoms with Crippen LogP contribution in [0.1, 0.15) is 15.9 Å². The summed E-state index contributed by atoms with van der Waals surface area (Å²) < 4.78 is 13.1. The van der Waals surface area contributed by atoms with Crippen molar-refractivity contribution in [1.29, 1.82) is 0 Å². The molecule has 0 radical (unpaired) electrons. The van der Waals surface area contributed by atoms with E-state index in [-0.39, 0.29) is 17.9 Å². The number of nitrogens with one attached hydrogen (secondary N) is 1. The molecule has 1 N–H and O–H groups in total. The van der Waals surface area contributed by atoms with Gasteiger partial charge in [-0.25, -0.2) is 4.39 Å². The van der Waals surface area contributed by atoms with Crippen LogP contribution in [-0.4, -0.2) is 19.4 Å². The lowest BCUT2D eigenvalue weighted by Gasteiger charge is -2.02. The van der Waals surface area contributed by atoms with Gasteiger partial charge in [-0.2, -0.15) is 0 Å². The van der Waals surface area contributed by atoms with Gasteiger partial charge in [0.1, 0.15) is 5.82 Å². The minimum atomic E-state index is -0.453. The number of Topliss-reactive ketones (excluding diaryl/α,β-unsaturated/α-hetero) is 1. The Balaban J connectivity index is 2.99. The molecule has 0 saturated heterocycles. The van der Waals surface area contributed by atoms with E-state index in [4.69, 9.17) is 0 Å². The van der Waals surface area contributed by atoms with Crippen LogP contribution in [0.15, 0.2) is 18.2 Å². The molecule has 0 atom stereocenters. The van der Waals surface area contributed by atoms with Crippen molar-refractivity contribution in [2.45, 2.75) is 6.92 Å². The van der Waals surface area contributed by atoms with Gasteiger partial charge in [-0.05, 0) is 26.1 Å². The molecular weight excluding hydrogens is 169 g/mol. The predicted molar refractivity (Wildman–Crippen MR) is 49.4 cm³/mol. The summed E-state index contributed by atoms with van der Waals surface area (Å²) in [6, 6.07) is 4.53. The first-order chi connectivity index (χ1) is 6.15. The molecule has 13 heavy (non-hydrogen) atoms. The van der Waals surface area contributed by atoms with Crippen LogP contribution >= 0.6 is 0 Å². The van der Waals surface area contributed by atoms with Gasteiger partial charge in [-0.3, -0.25) is 4.79 Å². The highest BCUT2D eigenvalue weighted by atomic mass is 19.1. The number of hydrogen-bond acceptors (Lipinski definition) is 2. The quantitative estimate of drug-likeness (QED) is 0.716. The zero-order chi connectivity index (χ0) is 9.84. The average Bonchev–Trinajstić information content (AvgIpc) is 2.09. The topological polar surface area (TPSA) is 29.1 Å². The second kappa shape index (κ2) is 4.14. The van der Waals surface area contributed by atoms with Crippen molar-refractivity contribution in [2.75, 3.05) is 13.6 Å². The van der Waals surface area contributed by atoms with Crippen LogP contribution in [-0.2, 0) is 0 Å². The van der Waals surface area contributed by atoms with E-state index in [9.17, 15) is 9.18 Å². The fourth-order valence-corrected chi connectivity index (χ4v) is 1.11. The molecule has 0 aromatic heterocycles. The van der Waals surface area contributed by atoms with Gasteiger partial charge in [0, 0.05) is 0 Å². The van der Waals surface area contributed by atoms with Crippen LogP contribution in [0.25, 0.3) is 0 Å². The van der Waals surface area contributed by atoms with Crippen LogP contribution in [0.4, 0.5) is 4.39 Å². The molecule has 70 valence electrons. The molecule has 0 spiro atoms. The summed E-state index contributed by atoms with van der Waals surface area (Å²) in [6.07, 6.45) is 0. The second-order valence-electron chi connectivity index (χ2n) is 2.94. The lowest BCUT2D eigenvalue weighted by Crippen LogP contribution is -2.19. The largest absolute Gasteiger partial charge is 0.313 e. The Labute approximate surface area is 76.8 Å². The molecule has 3 heteroatoms. The van der Waals surface area contributed by atoms with Crippen LogP contribution in [0, 0.1) is 12.7 Å². The van der Waals surface area contributed by atoms with Crippen molar-refractivity contribution < 1.29 is 9.18 Å². The molecule has 2 nitrogen and oxygen atoms in total. The second-order valence-corrected chi connectivity index (χ2v) is 2.94. The number of aryl methyl sites for hydroxylation is 1. The van der Waals surface area contributed by atoms with Crippen LogP contribution in [0.5, 0.6) is 0 Å². The van der Waals surface area contributed by atoms with Crippen molar-refractivity contribution >= 4 is 5.78 Å². The zero-order valence-electron chi connectivity index (χ0n) is 7.73. The number of hydrogen-bond donors (Lipinski definition) is 1. The lowest BCUT2D eigenvalue weighted by atomic mass is 10.1. The zero-order valence-corrected chi connectivity index (χ0v) is 7.73. The van der Waals surface area contributed by atoms with E-state index < -0.39 is 5.82 Å². The van der Waals surface area contributed by atoms with Gasteiger partial charge < -0.3 is 5.32 Å². The Morgan fingerprint density at radius 2 is 2.23 bits per heavy atom. The number of carbonyl (C=O) groups excluding carboxylic acids is 1. The normalized spacial score (nSPS) is 10.1. The molecule has 0 fully saturated rings. The Bertz CT molecular complexity index is 323. The molecule has 0 bridgehead atoms. The Hall–Kier alpha value is -1.22. The maximum atomic E-state index is 13.1. The molecular formula is C10H12FNO. The summed E-state index contributed by atoms with van der Waals surface area (Å²) in [5.41, 5.74) is 1.05. The summed E-state index contributed by atoms with van der Waals surface area (Å²) in [5.74, 6) is -0.672. The van der Waals surface area contributed by atoms with Gasteiger partial charge >= 0.3 is 0 Å². The minimum absolute atomic E-state index is 0.161. The van der Waals surface area contributed by atoms with Crippen LogP contribution < -0.4 is 5.32 Å². The molecule has 1 aromatic carbocycles. The molecule has 0 heterocycles. The fraction of sp³-hybridized carbons (Fsp3) is 0.300. The Morgan fingerprint density at radius 1 is 1.54 bits per heavy atom. The monoisotopic (exact) mass is 181 g/mol. The summed E-state index contributed by atoms with van der Waals surface area (Å²) >= 11 is 0. The van der Waals surface area contributed by atoms with Gasteiger partial charge in [0.15, 0.2) is 5.78 Å². The molecule has 0 aliphatic rings. The standard InChI is InChI=1S/C10H12FNO/c1-7-3-4-9(11)8(5-7)10(13)6-12-2/h3-5,12H,6H2,1-2H3. The maximum Gasteiger partial charge on any atom is 0.179 e. The number of halogens is 1. The molecule has 0 saturated carbocycles. The fourth-order valence-electron chi connectivity index (χ4n) is 1.11. The molecule has 0 unspecified atom stereocenters. The number of likely N-dealkylation sites (N-methyl/N-ethyl adjacent to an activating group) is 1. The van der Waals surface area contributed by atoms with Gasteiger partial charge in [-0.15, -0.1) is 0 Å². The third-order valence-corrected chi connectivity index (χ3v) is 1.76. The van der Waals surface area contributed by atoms with Crippen LogP contribution in [0.3, 0.4) is 0 Å². The summed E-state index contributed by atoms with van der Waals surface area (Å²) in [6.45, 7) is 2.00. The summed E-state index contributed by atoms with van der Waals surface area (Å²) in [4.78, 5) is 11.3. The first-order valence-corrected chi connectivity index (χ1v) is 4.09. The van der Waals surface area contributed by atoms with E-state index >= 15 is 0 Å². The van der Waals surface area contributed by atoms with Crippen molar-refractivity contribution in [2.24, 2.45) is 0 Å². The SMILES string of the molecule is CNCC(=O)c1cc(C)ccc1F. The number of benzene rings is 1. The third kappa shape index (κ3) is 2.36. The van der Waals surface area contributed by atoms with Gasteiger partial charge in [0.05, 0.1) is 12.1 Å². The minimum Gasteiger partial charge on any atom is -0.313 e. The predicted octanol–water partition coefficient (Wildman–Crippen LogP) is 1.54. The molecule has 0 aliphatic carbocycles. The third-order valence-electron chi connectivity index (χ3n) is 1.76. The van der Waals surface area contributed by atoms with E-state index in [0.717, 1.165) is 5.56 Å². The first-order valence-electron chi connectivity index (χ1n) is 4.09. The first kappa shape index (κ1) is 9.86. The number of carbonyl (C=O) groups is 1. The number of ketones is 1. The highest BCUT2D eigenvalue weighted by molar-refractivity contribution is 5.98. The van der Waals surface area contributed by atoms with Gasteiger partial charge in [0.25, 0.3) is 0 Å². The maximum absolute atomic E-state index is 13.1. The molecule has 0 aliphatic heterocycles. The molecule has 0 amide bonds. The van der Waals surface area contributed by atoms with Crippen molar-refractivity contribution in [3.05, 3.63) is 35.1 Å². The smallest absolute Gasteiger partial charge is 0.179 e. The lowest BCUT2D eigenvalue weighted by molar-refractivity contribution is 0.0989. The van der Waals surface area contributed by atoms with Crippen molar-refractivity contribution in [1.82, 2.24) is 5.32 Å². The highest BCUT2D eigenvalue weighted by Gasteiger charge is 2.09. The highest BCUT2D eigenvalue weighted by Crippen LogP contribution is 2.10. The van der Waals surface area contributed by atoms with Crippen molar-refractivity contribution in [3.8, 4) is 0 Å². The van der Waals surface area contributed by atoms with Crippen LogP contribution in [0.2, 0.25) is 0 Å². The molecule has 1 rings (SSSR count). The Morgan fingerprint density at radius 3 is 2.85 bits per heavy atom. The average molecular weight is 181 g/mol. The summed E-state index contributed by atoms with van der Waals surface area (Å²) in [5, 5.41) is 2.70. The Kier molecular flexibility index (Phi) is 3.14. The van der Waals surface area contributed by atoms with E-state index in [0.29, 0.717) is 0 Å². The van der Waals surface area contributed by atoms with E-state index in [1.165, 1.54) is 6.07 Å². The number of rotatable bonds is 3. The van der Waals surface area contributed by atoms with E-state index in [2.05, 4.69) is 5.32 Å². The van der Waals surface area contributed by atoms with Gasteiger partial charge in [-0.1, -0.05) is 11.6 Å². The van der Waals surface area contributed by atoms with E-state index in [1.54, 1.807) is 19.2 Å². The van der Waals surface area contributed by atoms with Gasteiger partial charge in [0.2, 0.25) is 0 Å². The van der Waals surface area contributed by atoms with E-state index in [1.807, 2.05) is 6.92 Å². The van der Waals surface area contributed by atoms with Crippen molar-refractivity contribution in [3.63, 3.8) is 0 Å².